The van der Waals surface area contributed by atoms with Crippen molar-refractivity contribution in [2.24, 2.45) is 28.6 Å². The fourth-order valence-electron chi connectivity index (χ4n) is 5.20. The molecule has 0 N–H and O–H groups in total. The molecule has 88 valence electrons. The minimum absolute atomic E-state index is 0.458. The second-order valence-electron chi connectivity index (χ2n) is 7.08. The molecule has 4 atom stereocenters. The van der Waals surface area contributed by atoms with Crippen LogP contribution in [0.15, 0.2) is 11.6 Å². The Morgan fingerprint density at radius 2 is 2.12 bits per heavy atom. The first-order valence-electron chi connectivity index (χ1n) is 6.66. The smallest absolute Gasteiger partial charge is 0.146 e. The molecule has 0 aromatic rings. The van der Waals surface area contributed by atoms with E-state index in [4.69, 9.17) is 0 Å². The molecule has 3 aliphatic rings. The quantitative estimate of drug-likeness (QED) is 0.615. The van der Waals surface area contributed by atoms with Crippen molar-refractivity contribution in [3.05, 3.63) is 11.6 Å². The lowest BCUT2D eigenvalue weighted by Gasteiger charge is -2.36. The fourth-order valence-corrected chi connectivity index (χ4v) is 5.20. The highest BCUT2D eigenvalue weighted by Crippen LogP contribution is 2.69. The van der Waals surface area contributed by atoms with Crippen LogP contribution in [0.25, 0.3) is 0 Å². The van der Waals surface area contributed by atoms with Gasteiger partial charge in [-0.05, 0) is 59.8 Å². The number of carbonyl (C=O) groups excluding carboxylic acids is 1. The van der Waals surface area contributed by atoms with Crippen molar-refractivity contribution in [2.45, 2.75) is 46.5 Å². The van der Waals surface area contributed by atoms with Gasteiger partial charge < -0.3 is 0 Å². The van der Waals surface area contributed by atoms with Crippen LogP contribution in [0.2, 0.25) is 0 Å². The SMILES string of the molecule is C[C@@H]1CC[C@@H]2C(C=O)=C[C@H]3CC(C)(C)C[C@]123. The van der Waals surface area contributed by atoms with Gasteiger partial charge >= 0.3 is 0 Å². The summed E-state index contributed by atoms with van der Waals surface area (Å²) < 4.78 is 0. The van der Waals surface area contributed by atoms with Gasteiger partial charge in [-0.2, -0.15) is 0 Å². The van der Waals surface area contributed by atoms with E-state index < -0.39 is 0 Å². The van der Waals surface area contributed by atoms with E-state index in [-0.39, 0.29) is 0 Å². The summed E-state index contributed by atoms with van der Waals surface area (Å²) in [5.74, 6) is 2.08. The molecule has 0 saturated heterocycles. The summed E-state index contributed by atoms with van der Waals surface area (Å²) >= 11 is 0. The van der Waals surface area contributed by atoms with E-state index in [2.05, 4.69) is 26.8 Å². The van der Waals surface area contributed by atoms with Gasteiger partial charge in [-0.1, -0.05) is 26.8 Å². The van der Waals surface area contributed by atoms with Crippen molar-refractivity contribution in [1.82, 2.24) is 0 Å². The summed E-state index contributed by atoms with van der Waals surface area (Å²) in [5.41, 5.74) is 2.07. The molecule has 2 saturated carbocycles. The van der Waals surface area contributed by atoms with Crippen LogP contribution >= 0.6 is 0 Å². The lowest BCUT2D eigenvalue weighted by atomic mass is 9.67. The molecule has 3 aliphatic carbocycles. The van der Waals surface area contributed by atoms with Gasteiger partial charge in [-0.25, -0.2) is 0 Å². The van der Waals surface area contributed by atoms with Gasteiger partial charge in [0, 0.05) is 0 Å². The Morgan fingerprint density at radius 3 is 2.81 bits per heavy atom. The molecule has 0 aromatic heterocycles. The third-order valence-electron chi connectivity index (χ3n) is 5.63. The third-order valence-corrected chi connectivity index (χ3v) is 5.63. The molecule has 0 aliphatic heterocycles. The molecule has 0 radical (unpaired) electrons. The first-order chi connectivity index (χ1) is 7.49. The van der Waals surface area contributed by atoms with E-state index in [0.29, 0.717) is 22.7 Å². The van der Waals surface area contributed by atoms with Gasteiger partial charge in [-0.3, -0.25) is 4.79 Å². The number of rotatable bonds is 1. The third kappa shape index (κ3) is 1.10. The Balaban J connectivity index is 2.06. The van der Waals surface area contributed by atoms with Crippen LogP contribution in [0, 0.1) is 28.6 Å². The highest BCUT2D eigenvalue weighted by molar-refractivity contribution is 5.76. The summed E-state index contributed by atoms with van der Waals surface area (Å²) in [6.07, 6.45) is 8.63. The lowest BCUT2D eigenvalue weighted by molar-refractivity contribution is -0.105. The average Bonchev–Trinajstić information content (AvgIpc) is 2.73. The zero-order chi connectivity index (χ0) is 11.6. The van der Waals surface area contributed by atoms with Crippen molar-refractivity contribution < 1.29 is 4.79 Å². The second kappa shape index (κ2) is 3.00. The highest BCUT2D eigenvalue weighted by atomic mass is 16.1. The summed E-state index contributed by atoms with van der Waals surface area (Å²) in [4.78, 5) is 11.2. The maximum atomic E-state index is 11.2. The zero-order valence-electron chi connectivity index (χ0n) is 10.6. The molecule has 0 heterocycles. The van der Waals surface area contributed by atoms with Crippen molar-refractivity contribution in [2.75, 3.05) is 0 Å². The molecular weight excluding hydrogens is 196 g/mol. The molecule has 0 unspecified atom stereocenters. The summed E-state index contributed by atoms with van der Waals surface area (Å²) in [6.45, 7) is 7.21. The molecular formula is C15H22O. The van der Waals surface area contributed by atoms with Gasteiger partial charge in [-0.15, -0.1) is 0 Å². The Morgan fingerprint density at radius 1 is 1.38 bits per heavy atom. The van der Waals surface area contributed by atoms with Crippen LogP contribution in [0.3, 0.4) is 0 Å². The molecule has 0 bridgehead atoms. The van der Waals surface area contributed by atoms with Crippen molar-refractivity contribution in [3.63, 3.8) is 0 Å². The van der Waals surface area contributed by atoms with E-state index >= 15 is 0 Å². The van der Waals surface area contributed by atoms with Gasteiger partial charge in [0.1, 0.15) is 6.29 Å². The molecule has 3 rings (SSSR count). The molecule has 2 fully saturated rings. The minimum Gasteiger partial charge on any atom is -0.298 e. The van der Waals surface area contributed by atoms with Crippen LogP contribution in [0.4, 0.5) is 0 Å². The summed E-state index contributed by atoms with van der Waals surface area (Å²) in [6, 6.07) is 0. The molecule has 0 aromatic carbocycles. The van der Waals surface area contributed by atoms with E-state index in [9.17, 15) is 4.79 Å². The van der Waals surface area contributed by atoms with Crippen LogP contribution in [-0.4, -0.2) is 6.29 Å². The van der Waals surface area contributed by atoms with E-state index in [0.717, 1.165) is 17.8 Å². The van der Waals surface area contributed by atoms with Crippen molar-refractivity contribution >= 4 is 6.29 Å². The number of hydrogen-bond acceptors (Lipinski definition) is 1. The Hall–Kier alpha value is -0.590. The van der Waals surface area contributed by atoms with Crippen molar-refractivity contribution in [1.29, 1.82) is 0 Å². The second-order valence-corrected chi connectivity index (χ2v) is 7.08. The van der Waals surface area contributed by atoms with E-state index in [1.165, 1.54) is 25.7 Å². The maximum Gasteiger partial charge on any atom is 0.146 e. The average molecular weight is 218 g/mol. The summed E-state index contributed by atoms with van der Waals surface area (Å²) in [5, 5.41) is 0. The van der Waals surface area contributed by atoms with Gasteiger partial charge in [0.2, 0.25) is 0 Å². The fraction of sp³-hybridized carbons (Fsp3) is 0.800. The number of aldehydes is 1. The largest absolute Gasteiger partial charge is 0.298 e. The van der Waals surface area contributed by atoms with Crippen molar-refractivity contribution in [3.8, 4) is 0 Å². The number of hydrogen-bond donors (Lipinski definition) is 0. The van der Waals surface area contributed by atoms with Crippen LogP contribution in [-0.2, 0) is 4.79 Å². The van der Waals surface area contributed by atoms with E-state index in [1.54, 1.807) is 0 Å². The Bertz CT molecular complexity index is 366. The Labute approximate surface area is 98.3 Å². The predicted octanol–water partition coefficient (Wildman–Crippen LogP) is 3.59. The standard InChI is InChI=1S/C15H22O/c1-10-4-5-13-11(8-16)6-12-7-14(2,3)9-15(10,12)13/h6,8,10,12-13H,4-5,7,9H2,1-3H3/t10-,12+,13-,15-/m1/s1. The first kappa shape index (κ1) is 10.6. The minimum atomic E-state index is 0.458. The van der Waals surface area contributed by atoms with Gasteiger partial charge in [0.05, 0.1) is 0 Å². The van der Waals surface area contributed by atoms with Crippen LogP contribution in [0.5, 0.6) is 0 Å². The lowest BCUT2D eigenvalue weighted by Crippen LogP contribution is -2.31. The summed E-state index contributed by atoms with van der Waals surface area (Å²) in [7, 11) is 0. The molecule has 16 heavy (non-hydrogen) atoms. The monoisotopic (exact) mass is 218 g/mol. The number of allylic oxidation sites excluding steroid dienone is 2. The normalized spacial score (nSPS) is 48.7. The zero-order valence-corrected chi connectivity index (χ0v) is 10.6. The molecule has 0 amide bonds. The molecule has 1 spiro atoms. The van der Waals surface area contributed by atoms with Crippen LogP contribution < -0.4 is 0 Å². The van der Waals surface area contributed by atoms with Crippen LogP contribution in [0.1, 0.15) is 46.5 Å². The maximum absolute atomic E-state index is 11.2. The molecule has 1 nitrogen and oxygen atoms in total. The van der Waals surface area contributed by atoms with Gasteiger partial charge in [0.25, 0.3) is 0 Å². The Kier molecular flexibility index (Phi) is 1.98. The topological polar surface area (TPSA) is 17.1 Å². The molecule has 1 heteroatoms. The van der Waals surface area contributed by atoms with Gasteiger partial charge in [0.15, 0.2) is 0 Å². The predicted molar refractivity (Wildman–Crippen MR) is 65.0 cm³/mol. The number of carbonyl (C=O) groups is 1. The highest BCUT2D eigenvalue weighted by Gasteiger charge is 2.62. The van der Waals surface area contributed by atoms with E-state index in [1.807, 2.05) is 0 Å². The first-order valence-corrected chi connectivity index (χ1v) is 6.66.